The number of phenolic OH excluding ortho intramolecular Hbond substituents is 1. The minimum atomic E-state index is -0.445. The number of ketones is 1. The normalized spacial score (nSPS) is 21.4. The van der Waals surface area contributed by atoms with Gasteiger partial charge >= 0.3 is 0 Å². The van der Waals surface area contributed by atoms with Gasteiger partial charge in [0.1, 0.15) is 6.04 Å². The van der Waals surface area contributed by atoms with Gasteiger partial charge in [-0.2, -0.15) is 4.68 Å². The van der Waals surface area contributed by atoms with Crippen LogP contribution in [0.1, 0.15) is 38.3 Å². The molecule has 4 rings (SSSR count). The summed E-state index contributed by atoms with van der Waals surface area (Å²) in [6, 6.07) is 4.59. The fraction of sp³-hybridized carbons (Fsp3) is 0.412. The molecule has 1 aliphatic carbocycles. The maximum atomic E-state index is 12.9. The number of allylic oxidation sites excluding steroid dienone is 2. The second-order valence-electron chi connectivity index (χ2n) is 7.24. The Morgan fingerprint density at radius 1 is 1.36 bits per heavy atom. The van der Waals surface area contributed by atoms with Gasteiger partial charge in [-0.05, 0) is 40.0 Å². The lowest BCUT2D eigenvalue weighted by molar-refractivity contribution is -0.118. The first-order valence-corrected chi connectivity index (χ1v) is 8.08. The molecule has 0 saturated heterocycles. The lowest BCUT2D eigenvalue weighted by Crippen LogP contribution is -2.36. The molecule has 2 N–H and O–H groups in total. The van der Waals surface area contributed by atoms with Crippen LogP contribution in [0, 0.1) is 5.41 Å². The van der Waals surface area contributed by atoms with Crippen LogP contribution in [0.15, 0.2) is 29.5 Å². The standard InChI is InChI=1S/C17H19N5O3/c1-17(2)7-10-14(12(24)8-17)15(22-16(18-10)19-20-21-22)9-4-5-11(23)13(6-9)25-3/h4-6,15,23H,7-8H2,1-3H3,(H,18,19,21)/t15-/m1/s1. The molecule has 0 unspecified atom stereocenters. The third-order valence-electron chi connectivity index (χ3n) is 4.71. The SMILES string of the molecule is COc1cc([C@@H]2C3=C(CC(C)(C)CC3=O)Nc3nnnn32)ccc1O. The number of anilines is 1. The van der Waals surface area contributed by atoms with E-state index < -0.39 is 6.04 Å². The Kier molecular flexibility index (Phi) is 3.31. The van der Waals surface area contributed by atoms with Crippen LogP contribution >= 0.6 is 0 Å². The summed E-state index contributed by atoms with van der Waals surface area (Å²) < 4.78 is 6.81. The van der Waals surface area contributed by atoms with E-state index >= 15 is 0 Å². The van der Waals surface area contributed by atoms with E-state index in [1.807, 2.05) is 0 Å². The summed E-state index contributed by atoms with van der Waals surface area (Å²) >= 11 is 0. The van der Waals surface area contributed by atoms with Gasteiger partial charge in [0.25, 0.3) is 0 Å². The number of fused-ring (bicyclic) bond motifs is 1. The first kappa shape index (κ1) is 15.6. The number of tetrazole rings is 1. The zero-order valence-corrected chi connectivity index (χ0v) is 14.3. The van der Waals surface area contributed by atoms with E-state index in [4.69, 9.17) is 4.74 Å². The number of carbonyl (C=O) groups excluding carboxylic acids is 1. The number of carbonyl (C=O) groups is 1. The van der Waals surface area contributed by atoms with Crippen LogP contribution in [0.4, 0.5) is 5.95 Å². The first-order valence-electron chi connectivity index (χ1n) is 8.08. The molecule has 2 aliphatic rings. The summed E-state index contributed by atoms with van der Waals surface area (Å²) in [4.78, 5) is 12.9. The van der Waals surface area contributed by atoms with Gasteiger partial charge in [-0.3, -0.25) is 4.79 Å². The molecule has 8 nitrogen and oxygen atoms in total. The highest BCUT2D eigenvalue weighted by Gasteiger charge is 2.41. The van der Waals surface area contributed by atoms with Crippen molar-refractivity contribution in [1.29, 1.82) is 0 Å². The van der Waals surface area contributed by atoms with Crippen molar-refractivity contribution in [1.82, 2.24) is 20.2 Å². The van der Waals surface area contributed by atoms with Gasteiger partial charge in [0.05, 0.1) is 7.11 Å². The second kappa shape index (κ2) is 5.30. The number of aromatic nitrogens is 4. The molecule has 1 aliphatic heterocycles. The van der Waals surface area contributed by atoms with Gasteiger partial charge < -0.3 is 15.2 Å². The summed E-state index contributed by atoms with van der Waals surface area (Å²) in [5.74, 6) is 0.969. The number of nitrogens with zero attached hydrogens (tertiary/aromatic N) is 4. The molecule has 0 radical (unpaired) electrons. The van der Waals surface area contributed by atoms with E-state index in [-0.39, 0.29) is 16.9 Å². The zero-order valence-electron chi connectivity index (χ0n) is 14.3. The highest BCUT2D eigenvalue weighted by Crippen LogP contribution is 2.45. The zero-order chi connectivity index (χ0) is 17.8. The summed E-state index contributed by atoms with van der Waals surface area (Å²) in [7, 11) is 1.49. The van der Waals surface area contributed by atoms with Crippen LogP contribution in [0.3, 0.4) is 0 Å². The molecule has 1 atom stereocenters. The van der Waals surface area contributed by atoms with Crippen molar-refractivity contribution in [3.05, 3.63) is 35.0 Å². The number of hydrogen-bond acceptors (Lipinski definition) is 7. The molecular weight excluding hydrogens is 322 g/mol. The summed E-state index contributed by atoms with van der Waals surface area (Å²) in [6.07, 6.45) is 1.21. The van der Waals surface area contributed by atoms with Crippen LogP contribution in [-0.2, 0) is 4.79 Å². The van der Waals surface area contributed by atoms with Crippen molar-refractivity contribution in [3.8, 4) is 11.5 Å². The van der Waals surface area contributed by atoms with Crippen LogP contribution in [-0.4, -0.2) is 38.2 Å². The molecule has 1 aromatic carbocycles. The van der Waals surface area contributed by atoms with Gasteiger partial charge in [-0.15, -0.1) is 0 Å². The number of benzene rings is 1. The Balaban J connectivity index is 1.90. The number of ether oxygens (including phenoxy) is 1. The number of methoxy groups -OCH3 is 1. The molecule has 0 spiro atoms. The number of phenols is 1. The van der Waals surface area contributed by atoms with Crippen LogP contribution in [0.2, 0.25) is 0 Å². The molecule has 8 heteroatoms. The second-order valence-corrected chi connectivity index (χ2v) is 7.24. The molecule has 0 bridgehead atoms. The van der Waals surface area contributed by atoms with E-state index in [1.165, 1.54) is 7.11 Å². The van der Waals surface area contributed by atoms with Crippen molar-refractivity contribution < 1.29 is 14.6 Å². The molecule has 1 aromatic heterocycles. The summed E-state index contributed by atoms with van der Waals surface area (Å²) in [5.41, 5.74) is 2.20. The highest BCUT2D eigenvalue weighted by molar-refractivity contribution is 6.00. The van der Waals surface area contributed by atoms with Gasteiger partial charge in [-0.25, -0.2) is 0 Å². The predicted octanol–water partition coefficient (Wildman–Crippen LogP) is 2.05. The topological polar surface area (TPSA) is 102 Å². The quantitative estimate of drug-likeness (QED) is 0.862. The first-order chi connectivity index (χ1) is 11.9. The van der Waals surface area contributed by atoms with Crippen molar-refractivity contribution in [2.75, 3.05) is 12.4 Å². The van der Waals surface area contributed by atoms with Crippen molar-refractivity contribution in [3.63, 3.8) is 0 Å². The summed E-state index contributed by atoms with van der Waals surface area (Å²) in [6.45, 7) is 4.15. The van der Waals surface area contributed by atoms with Gasteiger partial charge in [0.2, 0.25) is 5.95 Å². The molecule has 2 heterocycles. The largest absolute Gasteiger partial charge is 0.504 e. The summed E-state index contributed by atoms with van der Waals surface area (Å²) in [5, 5.41) is 24.9. The van der Waals surface area contributed by atoms with E-state index in [0.29, 0.717) is 23.7 Å². The Morgan fingerprint density at radius 2 is 2.16 bits per heavy atom. The van der Waals surface area contributed by atoms with E-state index in [0.717, 1.165) is 17.7 Å². The Hall–Kier alpha value is -2.90. The lowest BCUT2D eigenvalue weighted by atomic mass is 9.73. The molecule has 2 aromatic rings. The minimum Gasteiger partial charge on any atom is -0.504 e. The maximum absolute atomic E-state index is 12.9. The van der Waals surface area contributed by atoms with Crippen LogP contribution in [0.5, 0.6) is 11.5 Å². The van der Waals surface area contributed by atoms with E-state index in [2.05, 4.69) is 34.7 Å². The third kappa shape index (κ3) is 2.45. The smallest absolute Gasteiger partial charge is 0.248 e. The van der Waals surface area contributed by atoms with Crippen molar-refractivity contribution in [2.45, 2.75) is 32.7 Å². The number of Topliss-reactive ketones (excluding diaryl/α,β-unsaturated/α-hetero) is 1. The molecule has 25 heavy (non-hydrogen) atoms. The molecular formula is C17H19N5O3. The average Bonchev–Trinajstić information content (AvgIpc) is 3.00. The number of rotatable bonds is 2. The van der Waals surface area contributed by atoms with Crippen molar-refractivity contribution in [2.24, 2.45) is 5.41 Å². The Morgan fingerprint density at radius 3 is 2.92 bits per heavy atom. The van der Waals surface area contributed by atoms with Crippen LogP contribution < -0.4 is 10.1 Å². The maximum Gasteiger partial charge on any atom is 0.248 e. The predicted molar refractivity (Wildman–Crippen MR) is 89.3 cm³/mol. The lowest BCUT2D eigenvalue weighted by Gasteiger charge is -2.37. The fourth-order valence-electron chi connectivity index (χ4n) is 3.64. The fourth-order valence-corrected chi connectivity index (χ4v) is 3.64. The van der Waals surface area contributed by atoms with Crippen molar-refractivity contribution >= 4 is 11.7 Å². The third-order valence-corrected chi connectivity index (χ3v) is 4.71. The van der Waals surface area contributed by atoms with Gasteiger partial charge in [-0.1, -0.05) is 25.0 Å². The van der Waals surface area contributed by atoms with Crippen LogP contribution in [0.25, 0.3) is 0 Å². The number of nitrogens with one attached hydrogen (secondary N) is 1. The number of hydrogen-bond donors (Lipinski definition) is 2. The van der Waals surface area contributed by atoms with E-state index in [1.54, 1.807) is 22.9 Å². The average molecular weight is 341 g/mol. The monoisotopic (exact) mass is 341 g/mol. The molecule has 0 fully saturated rings. The molecule has 0 saturated carbocycles. The van der Waals surface area contributed by atoms with Gasteiger partial charge in [0, 0.05) is 17.7 Å². The molecule has 0 amide bonds. The minimum absolute atomic E-state index is 0.0439. The van der Waals surface area contributed by atoms with E-state index in [9.17, 15) is 9.90 Å². The van der Waals surface area contributed by atoms with Gasteiger partial charge in [0.15, 0.2) is 17.3 Å². The Labute approximate surface area is 144 Å². The highest BCUT2D eigenvalue weighted by atomic mass is 16.5. The number of aromatic hydroxyl groups is 1. The molecule has 130 valence electrons. The Bertz CT molecular complexity index is 899.